The van der Waals surface area contributed by atoms with Gasteiger partial charge >= 0.3 is 5.69 Å². The van der Waals surface area contributed by atoms with Gasteiger partial charge in [0.2, 0.25) is 0 Å². The van der Waals surface area contributed by atoms with Crippen molar-refractivity contribution in [3.8, 4) is 0 Å². The van der Waals surface area contributed by atoms with E-state index in [1.54, 1.807) is 7.05 Å². The van der Waals surface area contributed by atoms with Gasteiger partial charge in [-0.15, -0.1) is 0 Å². The molecule has 0 saturated heterocycles. The molecule has 0 atom stereocenters. The number of nitrogens with one attached hydrogen (secondary N) is 1. The smallest absolute Gasteiger partial charge is 0.330 e. The SMILES string of the molecule is Cn1c(CNCCCOCCO)cc(=O)n(C)c1=O. The highest BCUT2D eigenvalue weighted by atomic mass is 16.5. The highest BCUT2D eigenvalue weighted by Crippen LogP contribution is 1.90. The van der Waals surface area contributed by atoms with Crippen LogP contribution in [0, 0.1) is 0 Å². The maximum atomic E-state index is 11.7. The van der Waals surface area contributed by atoms with Gasteiger partial charge in [0.1, 0.15) is 0 Å². The Morgan fingerprint density at radius 2 is 2.00 bits per heavy atom. The van der Waals surface area contributed by atoms with Crippen molar-refractivity contribution in [2.24, 2.45) is 14.1 Å². The number of ether oxygens (including phenoxy) is 1. The van der Waals surface area contributed by atoms with Crippen molar-refractivity contribution < 1.29 is 9.84 Å². The van der Waals surface area contributed by atoms with Crippen molar-refractivity contribution in [3.63, 3.8) is 0 Å². The first-order valence-corrected chi connectivity index (χ1v) is 6.23. The summed E-state index contributed by atoms with van der Waals surface area (Å²) in [5, 5.41) is 11.7. The minimum absolute atomic E-state index is 0.0306. The molecule has 0 aliphatic carbocycles. The zero-order valence-corrected chi connectivity index (χ0v) is 11.4. The molecule has 0 spiro atoms. The predicted molar refractivity (Wildman–Crippen MR) is 71.2 cm³/mol. The molecule has 1 rings (SSSR count). The Hall–Kier alpha value is -1.44. The predicted octanol–water partition coefficient (Wildman–Crippen LogP) is -1.43. The summed E-state index contributed by atoms with van der Waals surface area (Å²) in [6, 6.07) is 1.46. The van der Waals surface area contributed by atoms with Crippen molar-refractivity contribution in [1.29, 1.82) is 0 Å². The standard InChI is InChI=1S/C12H21N3O4/c1-14-10(8-11(17)15(2)12(14)18)9-13-4-3-6-19-7-5-16/h8,13,16H,3-7,9H2,1-2H3. The van der Waals surface area contributed by atoms with Crippen LogP contribution in [0.5, 0.6) is 0 Å². The molecular weight excluding hydrogens is 250 g/mol. The molecule has 0 bridgehead atoms. The Labute approximate surface area is 111 Å². The molecule has 19 heavy (non-hydrogen) atoms. The monoisotopic (exact) mass is 271 g/mol. The lowest BCUT2D eigenvalue weighted by Gasteiger charge is -2.10. The molecule has 0 unspecified atom stereocenters. The topological polar surface area (TPSA) is 85.5 Å². The summed E-state index contributed by atoms with van der Waals surface area (Å²) < 4.78 is 7.64. The first kappa shape index (κ1) is 15.6. The Kier molecular flexibility index (Phi) is 6.48. The second-order valence-electron chi connectivity index (χ2n) is 4.24. The summed E-state index contributed by atoms with van der Waals surface area (Å²) in [6.45, 7) is 2.13. The molecule has 0 aliphatic rings. The Balaban J connectivity index is 2.42. The Morgan fingerprint density at radius 3 is 2.68 bits per heavy atom. The van der Waals surface area contributed by atoms with E-state index in [1.165, 1.54) is 17.7 Å². The van der Waals surface area contributed by atoms with Crippen LogP contribution in [0.15, 0.2) is 15.7 Å². The van der Waals surface area contributed by atoms with Crippen molar-refractivity contribution in [1.82, 2.24) is 14.5 Å². The zero-order chi connectivity index (χ0) is 14.3. The molecule has 1 aromatic heterocycles. The number of nitrogens with zero attached hydrogens (tertiary/aromatic N) is 2. The number of aromatic nitrogens is 2. The van der Waals surface area contributed by atoms with Gasteiger partial charge in [0.15, 0.2) is 0 Å². The number of hydrogen-bond acceptors (Lipinski definition) is 5. The molecular formula is C12H21N3O4. The number of aliphatic hydroxyl groups excluding tert-OH is 1. The van der Waals surface area contributed by atoms with E-state index in [4.69, 9.17) is 9.84 Å². The van der Waals surface area contributed by atoms with Gasteiger partial charge in [-0.1, -0.05) is 0 Å². The largest absolute Gasteiger partial charge is 0.394 e. The van der Waals surface area contributed by atoms with Gasteiger partial charge in [-0.2, -0.15) is 0 Å². The van der Waals surface area contributed by atoms with Crippen LogP contribution < -0.4 is 16.6 Å². The lowest BCUT2D eigenvalue weighted by molar-refractivity contribution is 0.0907. The van der Waals surface area contributed by atoms with E-state index in [0.717, 1.165) is 17.5 Å². The molecule has 1 aromatic rings. The number of aliphatic hydroxyl groups is 1. The first-order chi connectivity index (χ1) is 9.07. The first-order valence-electron chi connectivity index (χ1n) is 6.23. The maximum absolute atomic E-state index is 11.7. The van der Waals surface area contributed by atoms with Crippen LogP contribution in [0.4, 0.5) is 0 Å². The molecule has 0 aliphatic heterocycles. The van der Waals surface area contributed by atoms with Gasteiger partial charge in [0, 0.05) is 39.0 Å². The minimum Gasteiger partial charge on any atom is -0.394 e. The lowest BCUT2D eigenvalue weighted by atomic mass is 10.3. The van der Waals surface area contributed by atoms with Crippen LogP contribution in [0.25, 0.3) is 0 Å². The quantitative estimate of drug-likeness (QED) is 0.566. The van der Waals surface area contributed by atoms with E-state index in [-0.39, 0.29) is 17.9 Å². The average molecular weight is 271 g/mol. The molecule has 108 valence electrons. The Bertz CT molecular complexity index is 507. The van der Waals surface area contributed by atoms with Gasteiger partial charge in [0.05, 0.1) is 13.2 Å². The van der Waals surface area contributed by atoms with Gasteiger partial charge in [0.25, 0.3) is 5.56 Å². The zero-order valence-electron chi connectivity index (χ0n) is 11.4. The van der Waals surface area contributed by atoms with Crippen LogP contribution in [0.3, 0.4) is 0 Å². The van der Waals surface area contributed by atoms with Crippen LogP contribution in [0.1, 0.15) is 12.1 Å². The molecule has 7 heteroatoms. The van der Waals surface area contributed by atoms with Gasteiger partial charge in [-0.25, -0.2) is 4.79 Å². The third kappa shape index (κ3) is 4.62. The summed E-state index contributed by atoms with van der Waals surface area (Å²) >= 11 is 0. The van der Waals surface area contributed by atoms with Gasteiger partial charge in [-0.05, 0) is 13.0 Å². The summed E-state index contributed by atoms with van der Waals surface area (Å²) in [4.78, 5) is 23.2. The minimum atomic E-state index is -0.324. The van der Waals surface area contributed by atoms with Crippen molar-refractivity contribution in [2.75, 3.05) is 26.4 Å². The highest BCUT2D eigenvalue weighted by Gasteiger charge is 2.04. The fraction of sp³-hybridized carbons (Fsp3) is 0.667. The third-order valence-corrected chi connectivity index (χ3v) is 2.81. The Morgan fingerprint density at radius 1 is 1.26 bits per heavy atom. The summed E-state index contributed by atoms with van der Waals surface area (Å²) in [6.07, 6.45) is 0.804. The van der Waals surface area contributed by atoms with Crippen molar-refractivity contribution >= 4 is 0 Å². The van der Waals surface area contributed by atoms with Crippen LogP contribution in [-0.4, -0.2) is 40.6 Å². The van der Waals surface area contributed by atoms with E-state index in [9.17, 15) is 9.59 Å². The second-order valence-corrected chi connectivity index (χ2v) is 4.24. The summed E-state index contributed by atoms with van der Waals surface area (Å²) in [5.41, 5.74) is 0.0335. The fourth-order valence-corrected chi connectivity index (χ4v) is 1.63. The lowest BCUT2D eigenvalue weighted by Crippen LogP contribution is -2.39. The van der Waals surface area contributed by atoms with E-state index in [1.807, 2.05) is 0 Å². The van der Waals surface area contributed by atoms with Crippen LogP contribution in [0.2, 0.25) is 0 Å². The molecule has 0 radical (unpaired) electrons. The van der Waals surface area contributed by atoms with Crippen LogP contribution in [-0.2, 0) is 25.4 Å². The van der Waals surface area contributed by atoms with Crippen molar-refractivity contribution in [2.45, 2.75) is 13.0 Å². The third-order valence-electron chi connectivity index (χ3n) is 2.81. The molecule has 0 aromatic carbocycles. The molecule has 0 saturated carbocycles. The van der Waals surface area contributed by atoms with Crippen molar-refractivity contribution in [3.05, 3.63) is 32.6 Å². The van der Waals surface area contributed by atoms with Gasteiger partial charge in [-0.3, -0.25) is 13.9 Å². The highest BCUT2D eigenvalue weighted by molar-refractivity contribution is 5.01. The normalized spacial score (nSPS) is 10.9. The number of rotatable bonds is 8. The van der Waals surface area contributed by atoms with E-state index in [0.29, 0.717) is 25.5 Å². The summed E-state index contributed by atoms with van der Waals surface area (Å²) in [5.74, 6) is 0. The molecule has 0 fully saturated rings. The number of hydrogen-bond donors (Lipinski definition) is 2. The van der Waals surface area contributed by atoms with E-state index >= 15 is 0 Å². The van der Waals surface area contributed by atoms with E-state index in [2.05, 4.69) is 5.32 Å². The fourth-order valence-electron chi connectivity index (χ4n) is 1.63. The molecule has 7 nitrogen and oxygen atoms in total. The maximum Gasteiger partial charge on any atom is 0.330 e. The molecule has 0 amide bonds. The summed E-state index contributed by atoms with van der Waals surface area (Å²) in [7, 11) is 3.10. The van der Waals surface area contributed by atoms with Crippen LogP contribution >= 0.6 is 0 Å². The molecule has 1 heterocycles. The van der Waals surface area contributed by atoms with E-state index < -0.39 is 0 Å². The van der Waals surface area contributed by atoms with Gasteiger partial charge < -0.3 is 15.2 Å². The second kappa shape index (κ2) is 7.88. The molecule has 2 N–H and O–H groups in total. The average Bonchev–Trinajstić information content (AvgIpc) is 2.41.